The SMILES string of the molecule is CNC(C)=O.O=C1CN(c2ncc(Cl)cc2F)C(=O)CN1Cc1ccc(C(F)(F)F)cc1. The van der Waals surface area contributed by atoms with Crippen molar-refractivity contribution in [1.29, 1.82) is 0 Å². The number of carbonyl (C=O) groups is 3. The lowest BCUT2D eigenvalue weighted by atomic mass is 10.1. The van der Waals surface area contributed by atoms with Crippen molar-refractivity contribution in [2.45, 2.75) is 19.6 Å². The number of nitrogens with zero attached hydrogens (tertiary/aromatic N) is 3. The number of halogens is 5. The summed E-state index contributed by atoms with van der Waals surface area (Å²) in [7, 11) is 1.60. The molecule has 12 heteroatoms. The van der Waals surface area contributed by atoms with Crippen molar-refractivity contribution in [3.8, 4) is 0 Å². The van der Waals surface area contributed by atoms with Crippen molar-refractivity contribution in [1.82, 2.24) is 15.2 Å². The third-order valence-corrected chi connectivity index (χ3v) is 4.53. The van der Waals surface area contributed by atoms with Gasteiger partial charge in [-0.3, -0.25) is 19.3 Å². The van der Waals surface area contributed by atoms with Gasteiger partial charge >= 0.3 is 6.18 Å². The van der Waals surface area contributed by atoms with Crippen LogP contribution < -0.4 is 10.2 Å². The van der Waals surface area contributed by atoms with E-state index in [1.807, 2.05) is 0 Å². The van der Waals surface area contributed by atoms with Crippen molar-refractivity contribution in [3.05, 3.63) is 58.5 Å². The first kappa shape index (κ1) is 25.1. The summed E-state index contributed by atoms with van der Waals surface area (Å²) in [6.45, 7) is 0.668. The number of carbonyl (C=O) groups excluding carboxylic acids is 3. The normalized spacial score (nSPS) is 14.1. The maximum Gasteiger partial charge on any atom is 0.416 e. The second kappa shape index (κ2) is 10.4. The lowest BCUT2D eigenvalue weighted by molar-refractivity contribution is -0.139. The lowest BCUT2D eigenvalue weighted by Gasteiger charge is -2.33. The Bertz CT molecular complexity index is 999. The molecule has 1 aliphatic heterocycles. The van der Waals surface area contributed by atoms with Crippen molar-refractivity contribution < 1.29 is 31.9 Å². The zero-order valence-electron chi connectivity index (χ0n) is 17.0. The Balaban J connectivity index is 0.000000654. The minimum absolute atomic E-state index is 0.00463. The first-order valence-electron chi connectivity index (χ1n) is 9.16. The number of piperazine rings is 1. The molecule has 1 N–H and O–H groups in total. The Morgan fingerprint density at radius 2 is 1.75 bits per heavy atom. The van der Waals surface area contributed by atoms with E-state index in [-0.39, 0.29) is 29.8 Å². The fourth-order valence-corrected chi connectivity index (χ4v) is 2.77. The van der Waals surface area contributed by atoms with Crippen LogP contribution in [0.3, 0.4) is 0 Å². The summed E-state index contributed by atoms with van der Waals surface area (Å²) in [6.07, 6.45) is -3.29. The van der Waals surface area contributed by atoms with Crippen LogP contribution >= 0.6 is 11.6 Å². The van der Waals surface area contributed by atoms with Crippen LogP contribution in [0, 0.1) is 5.82 Å². The third-order valence-electron chi connectivity index (χ3n) is 4.32. The lowest BCUT2D eigenvalue weighted by Crippen LogP contribution is -2.54. The number of hydrogen-bond acceptors (Lipinski definition) is 4. The molecule has 0 aliphatic carbocycles. The van der Waals surface area contributed by atoms with Gasteiger partial charge in [-0.05, 0) is 23.8 Å². The van der Waals surface area contributed by atoms with Crippen molar-refractivity contribution >= 4 is 35.1 Å². The Labute approximate surface area is 186 Å². The highest BCUT2D eigenvalue weighted by Crippen LogP contribution is 2.29. The summed E-state index contributed by atoms with van der Waals surface area (Å²) in [5, 5.41) is 2.44. The van der Waals surface area contributed by atoms with Crippen LogP contribution in [0.5, 0.6) is 0 Å². The molecule has 1 aromatic heterocycles. The van der Waals surface area contributed by atoms with Gasteiger partial charge in [0.25, 0.3) is 0 Å². The number of aromatic nitrogens is 1. The molecule has 1 aliphatic rings. The fraction of sp³-hybridized carbons (Fsp3) is 0.300. The van der Waals surface area contributed by atoms with Crippen LogP contribution in [-0.4, -0.2) is 47.7 Å². The molecule has 172 valence electrons. The van der Waals surface area contributed by atoms with Crippen LogP contribution in [0.1, 0.15) is 18.1 Å². The Morgan fingerprint density at radius 1 is 1.16 bits per heavy atom. The van der Waals surface area contributed by atoms with Crippen LogP contribution in [0.25, 0.3) is 0 Å². The van der Waals surface area contributed by atoms with Gasteiger partial charge in [-0.2, -0.15) is 13.2 Å². The average Bonchev–Trinajstić information content (AvgIpc) is 2.71. The number of benzene rings is 1. The molecule has 1 saturated heterocycles. The summed E-state index contributed by atoms with van der Waals surface area (Å²) in [4.78, 5) is 40.2. The molecule has 2 aromatic rings. The molecule has 3 rings (SSSR count). The molecule has 32 heavy (non-hydrogen) atoms. The van der Waals surface area contributed by atoms with Gasteiger partial charge in [0.1, 0.15) is 13.1 Å². The summed E-state index contributed by atoms with van der Waals surface area (Å²) >= 11 is 5.62. The van der Waals surface area contributed by atoms with E-state index in [0.717, 1.165) is 29.3 Å². The first-order chi connectivity index (χ1) is 14.9. The molecule has 1 fully saturated rings. The zero-order valence-corrected chi connectivity index (χ0v) is 17.8. The number of nitrogens with one attached hydrogen (secondary N) is 1. The monoisotopic (exact) mass is 474 g/mol. The highest BCUT2D eigenvalue weighted by molar-refractivity contribution is 6.30. The van der Waals surface area contributed by atoms with E-state index >= 15 is 0 Å². The van der Waals surface area contributed by atoms with Crippen molar-refractivity contribution in [2.75, 3.05) is 25.0 Å². The van der Waals surface area contributed by atoms with Gasteiger partial charge < -0.3 is 10.2 Å². The largest absolute Gasteiger partial charge is 0.416 e. The molecule has 3 amide bonds. The summed E-state index contributed by atoms with van der Waals surface area (Å²) in [5.74, 6) is -2.17. The summed E-state index contributed by atoms with van der Waals surface area (Å²) in [6, 6.07) is 5.28. The van der Waals surface area contributed by atoms with Gasteiger partial charge in [-0.1, -0.05) is 23.7 Å². The van der Waals surface area contributed by atoms with Crippen LogP contribution in [-0.2, 0) is 27.1 Å². The van der Waals surface area contributed by atoms with Gasteiger partial charge in [0.05, 0.1) is 10.6 Å². The van der Waals surface area contributed by atoms with Gasteiger partial charge in [0.2, 0.25) is 17.7 Å². The van der Waals surface area contributed by atoms with E-state index < -0.39 is 35.9 Å². The quantitative estimate of drug-likeness (QED) is 0.693. The topological polar surface area (TPSA) is 82.6 Å². The Kier molecular flexibility index (Phi) is 8.14. The van der Waals surface area contributed by atoms with E-state index in [4.69, 9.17) is 11.6 Å². The van der Waals surface area contributed by atoms with E-state index in [9.17, 15) is 31.9 Å². The maximum atomic E-state index is 14.0. The van der Waals surface area contributed by atoms with Crippen LogP contribution in [0.2, 0.25) is 5.02 Å². The Morgan fingerprint density at radius 3 is 2.25 bits per heavy atom. The number of hydrogen-bond donors (Lipinski definition) is 1. The van der Waals surface area contributed by atoms with Gasteiger partial charge in [-0.15, -0.1) is 0 Å². The Hall–Kier alpha value is -3.21. The average molecular weight is 475 g/mol. The molecule has 7 nitrogen and oxygen atoms in total. The predicted molar refractivity (Wildman–Crippen MR) is 108 cm³/mol. The second-order valence-corrected chi connectivity index (χ2v) is 7.13. The highest BCUT2D eigenvalue weighted by atomic mass is 35.5. The minimum atomic E-state index is -4.45. The molecule has 0 unspecified atom stereocenters. The van der Waals surface area contributed by atoms with Gasteiger partial charge in [-0.25, -0.2) is 9.37 Å². The molecule has 0 saturated carbocycles. The van der Waals surface area contributed by atoms with Gasteiger partial charge in [0.15, 0.2) is 11.6 Å². The molecular weight excluding hydrogens is 456 g/mol. The first-order valence-corrected chi connectivity index (χ1v) is 9.53. The smallest absolute Gasteiger partial charge is 0.359 e. The molecule has 2 heterocycles. The molecule has 0 bridgehead atoms. The summed E-state index contributed by atoms with van der Waals surface area (Å²) < 4.78 is 51.7. The second-order valence-electron chi connectivity index (χ2n) is 6.69. The molecule has 0 radical (unpaired) electrons. The number of rotatable bonds is 3. The standard InChI is InChI=1S/C17H12ClF4N3O2.C3H7NO/c18-12-5-13(19)16(23-6-12)25-9-14(26)24(8-15(25)27)7-10-1-3-11(4-2-10)17(20,21)22;1-3(5)4-2/h1-6H,7-9H2;1-2H3,(H,4,5). The van der Waals surface area contributed by atoms with E-state index in [2.05, 4.69) is 10.3 Å². The zero-order chi connectivity index (χ0) is 24.1. The summed E-state index contributed by atoms with van der Waals surface area (Å²) in [5.41, 5.74) is -0.365. The van der Waals surface area contributed by atoms with Crippen LogP contribution in [0.4, 0.5) is 23.4 Å². The predicted octanol–water partition coefficient (Wildman–Crippen LogP) is 3.02. The highest BCUT2D eigenvalue weighted by Gasteiger charge is 2.33. The van der Waals surface area contributed by atoms with E-state index in [1.165, 1.54) is 24.0 Å². The van der Waals surface area contributed by atoms with E-state index in [1.54, 1.807) is 7.05 Å². The van der Waals surface area contributed by atoms with E-state index in [0.29, 0.717) is 5.56 Å². The molecular formula is C20H19ClF4N4O3. The maximum absolute atomic E-state index is 14.0. The van der Waals surface area contributed by atoms with Crippen molar-refractivity contribution in [3.63, 3.8) is 0 Å². The third kappa shape index (κ3) is 6.64. The molecule has 0 spiro atoms. The molecule has 1 aromatic carbocycles. The number of anilines is 1. The van der Waals surface area contributed by atoms with Crippen molar-refractivity contribution in [2.24, 2.45) is 0 Å². The van der Waals surface area contributed by atoms with Crippen LogP contribution in [0.15, 0.2) is 36.5 Å². The van der Waals surface area contributed by atoms with Gasteiger partial charge in [0, 0.05) is 26.7 Å². The molecule has 0 atom stereocenters. The number of amides is 3. The fourth-order valence-electron chi connectivity index (χ4n) is 2.62. The minimum Gasteiger partial charge on any atom is -0.359 e. The number of pyridine rings is 1. The number of alkyl halides is 3.